The number of carboxylic acids is 1. The standard InChI is InChI=1S/C14H11Cl2NO4/c15-7-2-1-6(5-8(7)16)17-13(18)11-9-3-4-10(21-9)12(11)14(19)20/h1-5,9-12H,(H,17,18)(H,19,20)/t9-,10+,11+,12-/m1/s1. The van der Waals surface area contributed by atoms with Crippen LogP contribution in [0.2, 0.25) is 10.0 Å². The van der Waals surface area contributed by atoms with Crippen LogP contribution in [0.15, 0.2) is 30.4 Å². The lowest BCUT2D eigenvalue weighted by molar-refractivity contribution is -0.145. The number of carbonyl (C=O) groups is 2. The molecule has 0 aliphatic carbocycles. The predicted octanol–water partition coefficient (Wildman–Crippen LogP) is 2.59. The molecule has 2 heterocycles. The topological polar surface area (TPSA) is 75.6 Å². The van der Waals surface area contributed by atoms with Gasteiger partial charge in [0, 0.05) is 5.69 Å². The molecule has 2 bridgehead atoms. The summed E-state index contributed by atoms with van der Waals surface area (Å²) in [4.78, 5) is 23.7. The van der Waals surface area contributed by atoms with Crippen molar-refractivity contribution in [2.45, 2.75) is 12.2 Å². The number of fused-ring (bicyclic) bond motifs is 2. The lowest BCUT2D eigenvalue weighted by Crippen LogP contribution is -2.39. The normalized spacial score (nSPS) is 29.6. The van der Waals surface area contributed by atoms with Crippen LogP contribution >= 0.6 is 23.2 Å². The number of carboxylic acid groups (broad SMARTS) is 1. The SMILES string of the molecule is O=C(Nc1ccc(Cl)c(Cl)c1)[C@@H]1[C@H](C(=O)O)[C@@H]2C=C[C@H]1O2. The number of anilines is 1. The Hall–Kier alpha value is -1.56. The second-order valence-corrected chi connectivity index (χ2v) is 5.77. The summed E-state index contributed by atoms with van der Waals surface area (Å²) in [6.45, 7) is 0. The van der Waals surface area contributed by atoms with E-state index < -0.39 is 35.9 Å². The van der Waals surface area contributed by atoms with E-state index in [0.29, 0.717) is 15.7 Å². The first-order valence-corrected chi connectivity index (χ1v) is 7.05. The Balaban J connectivity index is 1.80. The minimum Gasteiger partial charge on any atom is -0.481 e. The molecule has 1 aromatic rings. The third-order valence-electron chi connectivity index (χ3n) is 3.67. The molecule has 21 heavy (non-hydrogen) atoms. The maximum Gasteiger partial charge on any atom is 0.310 e. The number of hydrogen-bond donors (Lipinski definition) is 2. The molecule has 1 aromatic carbocycles. The van der Waals surface area contributed by atoms with E-state index in [-0.39, 0.29) is 0 Å². The number of ether oxygens (including phenoxy) is 1. The third kappa shape index (κ3) is 2.52. The van der Waals surface area contributed by atoms with Crippen molar-refractivity contribution in [1.29, 1.82) is 0 Å². The summed E-state index contributed by atoms with van der Waals surface area (Å²) in [7, 11) is 0. The van der Waals surface area contributed by atoms with E-state index >= 15 is 0 Å². The quantitative estimate of drug-likeness (QED) is 0.836. The van der Waals surface area contributed by atoms with Crippen LogP contribution < -0.4 is 5.32 Å². The molecule has 0 unspecified atom stereocenters. The number of benzene rings is 1. The highest BCUT2D eigenvalue weighted by Gasteiger charge is 2.53. The molecule has 0 saturated carbocycles. The van der Waals surface area contributed by atoms with Gasteiger partial charge in [0.05, 0.1) is 28.2 Å². The maximum absolute atomic E-state index is 12.4. The zero-order chi connectivity index (χ0) is 15.1. The van der Waals surface area contributed by atoms with Gasteiger partial charge in [0.1, 0.15) is 5.92 Å². The van der Waals surface area contributed by atoms with Crippen molar-refractivity contribution in [2.24, 2.45) is 11.8 Å². The molecule has 0 aromatic heterocycles. The fourth-order valence-electron chi connectivity index (χ4n) is 2.71. The molecule has 0 spiro atoms. The highest BCUT2D eigenvalue weighted by molar-refractivity contribution is 6.42. The van der Waals surface area contributed by atoms with Crippen molar-refractivity contribution in [3.63, 3.8) is 0 Å². The van der Waals surface area contributed by atoms with Gasteiger partial charge in [-0.15, -0.1) is 0 Å². The maximum atomic E-state index is 12.4. The van der Waals surface area contributed by atoms with Crippen molar-refractivity contribution in [2.75, 3.05) is 5.32 Å². The van der Waals surface area contributed by atoms with E-state index in [1.807, 2.05) is 0 Å². The Morgan fingerprint density at radius 1 is 1.10 bits per heavy atom. The van der Waals surface area contributed by atoms with Crippen molar-refractivity contribution < 1.29 is 19.4 Å². The predicted molar refractivity (Wildman–Crippen MR) is 77.5 cm³/mol. The second kappa shape index (κ2) is 5.33. The first-order valence-electron chi connectivity index (χ1n) is 6.30. The molecule has 110 valence electrons. The summed E-state index contributed by atoms with van der Waals surface area (Å²) in [6, 6.07) is 4.68. The average molecular weight is 328 g/mol. The highest BCUT2D eigenvalue weighted by Crippen LogP contribution is 2.40. The highest BCUT2D eigenvalue weighted by atomic mass is 35.5. The number of halogens is 2. The van der Waals surface area contributed by atoms with E-state index in [2.05, 4.69) is 5.32 Å². The Morgan fingerprint density at radius 2 is 1.76 bits per heavy atom. The molecular formula is C14H11Cl2NO4. The average Bonchev–Trinajstić information content (AvgIpc) is 3.03. The number of amides is 1. The minimum atomic E-state index is -1.04. The zero-order valence-corrected chi connectivity index (χ0v) is 12.1. The molecule has 4 atom stereocenters. The van der Waals surface area contributed by atoms with Gasteiger partial charge in [-0.05, 0) is 18.2 Å². The number of hydrogen-bond acceptors (Lipinski definition) is 3. The lowest BCUT2D eigenvalue weighted by atomic mass is 9.82. The Bertz CT molecular complexity index is 646. The molecule has 1 amide bonds. The van der Waals surface area contributed by atoms with Crippen molar-refractivity contribution >= 4 is 40.8 Å². The van der Waals surface area contributed by atoms with Crippen LogP contribution in [-0.4, -0.2) is 29.2 Å². The molecule has 2 aliphatic heterocycles. The number of nitrogens with one attached hydrogen (secondary N) is 1. The van der Waals surface area contributed by atoms with Gasteiger partial charge in [-0.25, -0.2) is 0 Å². The van der Waals surface area contributed by atoms with Crippen LogP contribution in [-0.2, 0) is 14.3 Å². The molecule has 7 heteroatoms. The fraction of sp³-hybridized carbons (Fsp3) is 0.286. The lowest BCUT2D eigenvalue weighted by Gasteiger charge is -2.21. The van der Waals surface area contributed by atoms with Gasteiger partial charge in [0.25, 0.3) is 0 Å². The minimum absolute atomic E-state index is 0.313. The van der Waals surface area contributed by atoms with Gasteiger partial charge in [-0.2, -0.15) is 0 Å². The molecule has 0 radical (unpaired) electrons. The van der Waals surface area contributed by atoms with E-state index in [0.717, 1.165) is 0 Å². The molecule has 1 saturated heterocycles. The van der Waals surface area contributed by atoms with Crippen LogP contribution in [0.25, 0.3) is 0 Å². The molecule has 2 N–H and O–H groups in total. The summed E-state index contributed by atoms with van der Waals surface area (Å²) in [5.74, 6) is -3.08. The largest absolute Gasteiger partial charge is 0.481 e. The summed E-state index contributed by atoms with van der Waals surface area (Å²) in [6.07, 6.45) is 2.37. The first kappa shape index (κ1) is 14.4. The zero-order valence-electron chi connectivity index (χ0n) is 10.6. The second-order valence-electron chi connectivity index (χ2n) is 4.96. The summed E-state index contributed by atoms with van der Waals surface area (Å²) < 4.78 is 5.46. The van der Waals surface area contributed by atoms with Gasteiger partial charge in [-0.3, -0.25) is 9.59 Å². The van der Waals surface area contributed by atoms with Crippen LogP contribution in [0.5, 0.6) is 0 Å². The van der Waals surface area contributed by atoms with Crippen molar-refractivity contribution in [3.8, 4) is 0 Å². The Labute approximate surface area is 130 Å². The van der Waals surface area contributed by atoms with Gasteiger partial charge in [-0.1, -0.05) is 35.4 Å². The van der Waals surface area contributed by atoms with Gasteiger partial charge in [0.15, 0.2) is 0 Å². The van der Waals surface area contributed by atoms with Gasteiger partial charge < -0.3 is 15.2 Å². The number of carbonyl (C=O) groups excluding carboxylic acids is 1. The molecule has 1 fully saturated rings. The summed E-state index contributed by atoms with van der Waals surface area (Å²) >= 11 is 11.7. The van der Waals surface area contributed by atoms with E-state index in [1.165, 1.54) is 6.07 Å². The fourth-order valence-corrected chi connectivity index (χ4v) is 3.01. The summed E-state index contributed by atoms with van der Waals surface area (Å²) in [5.41, 5.74) is 0.463. The van der Waals surface area contributed by atoms with Crippen molar-refractivity contribution in [3.05, 3.63) is 40.4 Å². The Morgan fingerprint density at radius 3 is 2.38 bits per heavy atom. The number of aliphatic carboxylic acids is 1. The van der Waals surface area contributed by atoms with Crippen LogP contribution in [0.3, 0.4) is 0 Å². The van der Waals surface area contributed by atoms with Crippen LogP contribution in [0, 0.1) is 11.8 Å². The van der Waals surface area contributed by atoms with E-state index in [1.54, 1.807) is 24.3 Å². The van der Waals surface area contributed by atoms with E-state index in [4.69, 9.17) is 27.9 Å². The van der Waals surface area contributed by atoms with E-state index in [9.17, 15) is 14.7 Å². The molecule has 5 nitrogen and oxygen atoms in total. The molecular weight excluding hydrogens is 317 g/mol. The molecule has 3 rings (SSSR count). The number of rotatable bonds is 3. The van der Waals surface area contributed by atoms with Gasteiger partial charge in [0.2, 0.25) is 5.91 Å². The Kier molecular flexibility index (Phi) is 3.65. The first-order chi connectivity index (χ1) is 9.97. The summed E-state index contributed by atoms with van der Waals surface area (Å²) in [5, 5.41) is 12.6. The smallest absolute Gasteiger partial charge is 0.310 e. The monoisotopic (exact) mass is 327 g/mol. The van der Waals surface area contributed by atoms with Crippen molar-refractivity contribution in [1.82, 2.24) is 0 Å². The molecule has 2 aliphatic rings. The van der Waals surface area contributed by atoms with Crippen LogP contribution in [0.1, 0.15) is 0 Å². The van der Waals surface area contributed by atoms with Crippen LogP contribution in [0.4, 0.5) is 5.69 Å². The van der Waals surface area contributed by atoms with Gasteiger partial charge >= 0.3 is 5.97 Å². The third-order valence-corrected chi connectivity index (χ3v) is 4.41.